The molecule has 3 rings (SSSR count). The Labute approximate surface area is 142 Å². The first-order valence-electron chi connectivity index (χ1n) is 8.27. The van der Waals surface area contributed by atoms with E-state index in [1.165, 1.54) is 5.56 Å². The minimum atomic E-state index is 0.0215. The Hall–Kier alpha value is -2.40. The summed E-state index contributed by atoms with van der Waals surface area (Å²) in [5, 5.41) is 3.01. The second-order valence-corrected chi connectivity index (χ2v) is 6.24. The molecule has 2 heterocycles. The Balaban J connectivity index is 1.50. The Bertz CT molecular complexity index is 703. The molecule has 1 aromatic heterocycles. The van der Waals surface area contributed by atoms with Crippen molar-refractivity contribution >= 4 is 11.6 Å². The van der Waals surface area contributed by atoms with Crippen LogP contribution in [0.3, 0.4) is 0 Å². The summed E-state index contributed by atoms with van der Waals surface area (Å²) >= 11 is 0. The number of amides is 1. The van der Waals surface area contributed by atoms with Crippen molar-refractivity contribution in [3.63, 3.8) is 0 Å². The number of hydrogen-bond acceptors (Lipinski definition) is 4. The number of aryl methyl sites for hydroxylation is 1. The second kappa shape index (κ2) is 7.45. The van der Waals surface area contributed by atoms with Crippen LogP contribution >= 0.6 is 0 Å². The molecule has 5 nitrogen and oxygen atoms in total. The molecule has 0 saturated carbocycles. The van der Waals surface area contributed by atoms with E-state index < -0.39 is 0 Å². The Morgan fingerprint density at radius 3 is 2.88 bits per heavy atom. The van der Waals surface area contributed by atoms with Gasteiger partial charge in [-0.05, 0) is 49.6 Å². The molecular formula is C19H23N3O2. The molecule has 5 heteroatoms. The summed E-state index contributed by atoms with van der Waals surface area (Å²) in [6.07, 6.45) is 4.50. The van der Waals surface area contributed by atoms with Crippen molar-refractivity contribution in [2.24, 2.45) is 0 Å². The first-order chi connectivity index (χ1) is 11.6. The number of carbonyl (C=O) groups is 1. The lowest BCUT2D eigenvalue weighted by Gasteiger charge is -2.17. The molecule has 24 heavy (non-hydrogen) atoms. The van der Waals surface area contributed by atoms with Gasteiger partial charge in [0.25, 0.3) is 0 Å². The van der Waals surface area contributed by atoms with E-state index in [1.807, 2.05) is 44.2 Å². The monoisotopic (exact) mass is 325 g/mol. The maximum atomic E-state index is 12.3. The van der Waals surface area contributed by atoms with E-state index in [9.17, 15) is 4.79 Å². The number of rotatable bonds is 5. The van der Waals surface area contributed by atoms with E-state index >= 15 is 0 Å². The molecule has 1 atom stereocenters. The molecule has 1 aliphatic rings. The molecule has 0 bridgehead atoms. The van der Waals surface area contributed by atoms with Gasteiger partial charge < -0.3 is 10.1 Å². The molecule has 0 aliphatic carbocycles. The highest BCUT2D eigenvalue weighted by atomic mass is 16.5. The van der Waals surface area contributed by atoms with Gasteiger partial charge in [0, 0.05) is 31.2 Å². The van der Waals surface area contributed by atoms with E-state index in [1.54, 1.807) is 12.4 Å². The number of nitrogens with zero attached hydrogens (tertiary/aromatic N) is 2. The summed E-state index contributed by atoms with van der Waals surface area (Å²) in [5.74, 6) is 0.852. The van der Waals surface area contributed by atoms with Gasteiger partial charge in [0.05, 0.1) is 6.54 Å². The van der Waals surface area contributed by atoms with Crippen LogP contribution in [0.4, 0.5) is 5.69 Å². The van der Waals surface area contributed by atoms with Gasteiger partial charge in [-0.1, -0.05) is 12.1 Å². The quantitative estimate of drug-likeness (QED) is 0.918. The molecule has 2 aromatic rings. The topological polar surface area (TPSA) is 54.5 Å². The number of anilines is 1. The van der Waals surface area contributed by atoms with Crippen LogP contribution in [0.15, 0.2) is 42.7 Å². The van der Waals surface area contributed by atoms with Crippen molar-refractivity contribution in [2.45, 2.75) is 26.4 Å². The van der Waals surface area contributed by atoms with Crippen molar-refractivity contribution in [2.75, 3.05) is 25.0 Å². The molecule has 0 spiro atoms. The Kier molecular flexibility index (Phi) is 5.11. The van der Waals surface area contributed by atoms with Gasteiger partial charge in [0.15, 0.2) is 0 Å². The van der Waals surface area contributed by atoms with Crippen LogP contribution in [0.1, 0.15) is 17.5 Å². The predicted molar refractivity (Wildman–Crippen MR) is 94.3 cm³/mol. The zero-order valence-electron chi connectivity index (χ0n) is 14.2. The number of ether oxygens (including phenoxy) is 1. The van der Waals surface area contributed by atoms with Crippen molar-refractivity contribution in [1.82, 2.24) is 9.88 Å². The molecule has 0 radical (unpaired) electrons. The number of benzene rings is 1. The Morgan fingerprint density at radius 2 is 2.08 bits per heavy atom. The smallest absolute Gasteiger partial charge is 0.238 e. The van der Waals surface area contributed by atoms with Crippen LogP contribution in [0, 0.1) is 13.8 Å². The summed E-state index contributed by atoms with van der Waals surface area (Å²) < 4.78 is 5.93. The fraction of sp³-hybridized carbons (Fsp3) is 0.368. The van der Waals surface area contributed by atoms with Crippen molar-refractivity contribution in [3.8, 4) is 5.75 Å². The molecule has 1 aromatic carbocycles. The largest absolute Gasteiger partial charge is 0.489 e. The zero-order valence-corrected chi connectivity index (χ0v) is 14.2. The van der Waals surface area contributed by atoms with Gasteiger partial charge in [-0.25, -0.2) is 0 Å². The summed E-state index contributed by atoms with van der Waals surface area (Å²) in [6, 6.07) is 9.67. The van der Waals surface area contributed by atoms with E-state index in [4.69, 9.17) is 4.74 Å². The van der Waals surface area contributed by atoms with Crippen molar-refractivity contribution in [1.29, 1.82) is 0 Å². The summed E-state index contributed by atoms with van der Waals surface area (Å²) in [4.78, 5) is 18.4. The van der Waals surface area contributed by atoms with Crippen LogP contribution < -0.4 is 10.1 Å². The van der Waals surface area contributed by atoms with Crippen LogP contribution in [0.25, 0.3) is 0 Å². The third-order valence-electron chi connectivity index (χ3n) is 4.43. The molecule has 1 amide bonds. The van der Waals surface area contributed by atoms with E-state index in [2.05, 4.69) is 15.2 Å². The molecule has 1 aliphatic heterocycles. The third-order valence-corrected chi connectivity index (χ3v) is 4.43. The van der Waals surface area contributed by atoms with Gasteiger partial charge in [-0.15, -0.1) is 0 Å². The number of hydrogen-bond donors (Lipinski definition) is 1. The standard InChI is InChI=1S/C19H23N3O2/c1-14-4-3-5-18(15(14)2)21-19(23)13-22-11-8-17(12-22)24-16-6-9-20-10-7-16/h3-7,9-10,17H,8,11-13H2,1-2H3,(H,21,23)/t17-/m0/s1. The van der Waals surface area contributed by atoms with E-state index in [0.717, 1.165) is 36.5 Å². The highest BCUT2D eigenvalue weighted by Crippen LogP contribution is 2.19. The van der Waals surface area contributed by atoms with Gasteiger partial charge in [-0.3, -0.25) is 14.7 Å². The van der Waals surface area contributed by atoms with Crippen LogP contribution in [0.2, 0.25) is 0 Å². The summed E-state index contributed by atoms with van der Waals surface area (Å²) in [6.45, 7) is 6.11. The first-order valence-corrected chi connectivity index (χ1v) is 8.27. The molecule has 0 unspecified atom stereocenters. The SMILES string of the molecule is Cc1cccc(NC(=O)CN2CC[C@H](Oc3ccncc3)C2)c1C. The van der Waals surface area contributed by atoms with Gasteiger partial charge in [-0.2, -0.15) is 0 Å². The summed E-state index contributed by atoms with van der Waals surface area (Å²) in [5.41, 5.74) is 3.19. The van der Waals surface area contributed by atoms with E-state index in [0.29, 0.717) is 6.54 Å². The van der Waals surface area contributed by atoms with Gasteiger partial charge >= 0.3 is 0 Å². The number of carbonyl (C=O) groups excluding carboxylic acids is 1. The first kappa shape index (κ1) is 16.5. The van der Waals surface area contributed by atoms with Crippen LogP contribution in [-0.4, -0.2) is 41.5 Å². The van der Waals surface area contributed by atoms with E-state index in [-0.39, 0.29) is 12.0 Å². The van der Waals surface area contributed by atoms with Crippen molar-refractivity contribution in [3.05, 3.63) is 53.9 Å². The fourth-order valence-electron chi connectivity index (χ4n) is 2.93. The average Bonchev–Trinajstić information content (AvgIpc) is 2.99. The highest BCUT2D eigenvalue weighted by Gasteiger charge is 2.25. The highest BCUT2D eigenvalue weighted by molar-refractivity contribution is 5.93. The van der Waals surface area contributed by atoms with Crippen molar-refractivity contribution < 1.29 is 9.53 Å². The van der Waals surface area contributed by atoms with Crippen LogP contribution in [-0.2, 0) is 4.79 Å². The maximum Gasteiger partial charge on any atom is 0.238 e. The average molecular weight is 325 g/mol. The normalized spacial score (nSPS) is 17.7. The Morgan fingerprint density at radius 1 is 1.29 bits per heavy atom. The molecule has 1 fully saturated rings. The third kappa shape index (κ3) is 4.11. The van der Waals surface area contributed by atoms with Crippen LogP contribution in [0.5, 0.6) is 5.75 Å². The lowest BCUT2D eigenvalue weighted by molar-refractivity contribution is -0.117. The lowest BCUT2D eigenvalue weighted by Crippen LogP contribution is -2.33. The van der Waals surface area contributed by atoms with Gasteiger partial charge in [0.2, 0.25) is 5.91 Å². The zero-order chi connectivity index (χ0) is 16.9. The number of aromatic nitrogens is 1. The number of likely N-dealkylation sites (tertiary alicyclic amines) is 1. The lowest BCUT2D eigenvalue weighted by atomic mass is 10.1. The molecule has 1 N–H and O–H groups in total. The predicted octanol–water partition coefficient (Wildman–Crippen LogP) is 2.79. The maximum absolute atomic E-state index is 12.3. The minimum Gasteiger partial charge on any atom is -0.489 e. The fourth-order valence-corrected chi connectivity index (χ4v) is 2.93. The summed E-state index contributed by atoms with van der Waals surface area (Å²) in [7, 11) is 0. The number of nitrogens with one attached hydrogen (secondary N) is 1. The minimum absolute atomic E-state index is 0.0215. The molecule has 1 saturated heterocycles. The second-order valence-electron chi connectivity index (χ2n) is 6.24. The molecular weight excluding hydrogens is 302 g/mol. The number of pyridine rings is 1. The molecule has 126 valence electrons. The van der Waals surface area contributed by atoms with Gasteiger partial charge in [0.1, 0.15) is 11.9 Å².